The number of amides is 3. The van der Waals surface area contributed by atoms with Gasteiger partial charge in [0.05, 0.1) is 4.91 Å². The zero-order chi connectivity index (χ0) is 16.1. The average Bonchev–Trinajstić information content (AvgIpc) is 3.10. The van der Waals surface area contributed by atoms with E-state index in [1.807, 2.05) is 31.4 Å². The number of thiophene rings is 1. The second-order valence-corrected chi connectivity index (χ2v) is 6.92. The van der Waals surface area contributed by atoms with Gasteiger partial charge in [0, 0.05) is 23.9 Å². The molecule has 1 unspecified atom stereocenters. The molecule has 3 amide bonds. The molecular weight excluding hydrogens is 320 g/mol. The zero-order valence-corrected chi connectivity index (χ0v) is 14.1. The lowest BCUT2D eigenvalue weighted by atomic mass is 10.1. The molecule has 2 heterocycles. The Morgan fingerprint density at radius 2 is 2.23 bits per heavy atom. The van der Waals surface area contributed by atoms with Crippen molar-refractivity contribution in [3.63, 3.8) is 0 Å². The Kier molecular flexibility index (Phi) is 5.79. The van der Waals surface area contributed by atoms with Crippen molar-refractivity contribution >= 4 is 46.2 Å². The standard InChI is InChI=1S/C15H18N2O3S2/c1-3-10(2)13(18)16-6-7-17-14(19)12(22-15(17)20)9-11-5-4-8-21-11/h4-5,8-10H,3,6-7H2,1-2H3,(H,16,18)/b12-9+. The monoisotopic (exact) mass is 338 g/mol. The average molecular weight is 338 g/mol. The maximum absolute atomic E-state index is 12.2. The maximum Gasteiger partial charge on any atom is 0.293 e. The third kappa shape index (κ3) is 3.98. The van der Waals surface area contributed by atoms with Crippen LogP contribution in [0.3, 0.4) is 0 Å². The van der Waals surface area contributed by atoms with Crippen LogP contribution in [0.2, 0.25) is 0 Å². The molecule has 7 heteroatoms. The molecule has 0 radical (unpaired) electrons. The Bertz CT molecular complexity index is 596. The van der Waals surface area contributed by atoms with Gasteiger partial charge in [-0.3, -0.25) is 19.3 Å². The molecule has 1 atom stereocenters. The Morgan fingerprint density at radius 3 is 2.86 bits per heavy atom. The number of imide groups is 1. The first kappa shape index (κ1) is 16.8. The summed E-state index contributed by atoms with van der Waals surface area (Å²) in [4.78, 5) is 38.3. The van der Waals surface area contributed by atoms with Crippen LogP contribution in [0.15, 0.2) is 22.4 Å². The van der Waals surface area contributed by atoms with Crippen LogP contribution in [0.4, 0.5) is 4.79 Å². The summed E-state index contributed by atoms with van der Waals surface area (Å²) in [6, 6.07) is 3.79. The summed E-state index contributed by atoms with van der Waals surface area (Å²) < 4.78 is 0. The van der Waals surface area contributed by atoms with E-state index in [9.17, 15) is 14.4 Å². The van der Waals surface area contributed by atoms with Gasteiger partial charge in [-0.2, -0.15) is 0 Å². The van der Waals surface area contributed by atoms with Crippen molar-refractivity contribution in [3.05, 3.63) is 27.3 Å². The third-order valence-electron chi connectivity index (χ3n) is 3.38. The summed E-state index contributed by atoms with van der Waals surface area (Å²) in [5.74, 6) is -0.404. The molecule has 0 bridgehead atoms. The van der Waals surface area contributed by atoms with E-state index in [1.165, 1.54) is 16.2 Å². The zero-order valence-electron chi connectivity index (χ0n) is 12.5. The van der Waals surface area contributed by atoms with Gasteiger partial charge in [0.2, 0.25) is 5.91 Å². The topological polar surface area (TPSA) is 66.5 Å². The number of thioether (sulfide) groups is 1. The molecule has 22 heavy (non-hydrogen) atoms. The van der Waals surface area contributed by atoms with Crippen molar-refractivity contribution in [3.8, 4) is 0 Å². The smallest absolute Gasteiger partial charge is 0.293 e. The minimum atomic E-state index is -0.291. The summed E-state index contributed by atoms with van der Waals surface area (Å²) in [6.07, 6.45) is 2.49. The number of nitrogens with zero attached hydrogens (tertiary/aromatic N) is 1. The predicted octanol–water partition coefficient (Wildman–Crippen LogP) is 2.95. The van der Waals surface area contributed by atoms with E-state index in [1.54, 1.807) is 6.08 Å². The van der Waals surface area contributed by atoms with Gasteiger partial charge < -0.3 is 5.32 Å². The number of carbonyl (C=O) groups excluding carboxylic acids is 3. The van der Waals surface area contributed by atoms with Crippen molar-refractivity contribution < 1.29 is 14.4 Å². The summed E-state index contributed by atoms with van der Waals surface area (Å²) in [7, 11) is 0. The summed E-state index contributed by atoms with van der Waals surface area (Å²) >= 11 is 2.46. The fourth-order valence-electron chi connectivity index (χ4n) is 1.85. The molecule has 1 N–H and O–H groups in total. The largest absolute Gasteiger partial charge is 0.354 e. The van der Waals surface area contributed by atoms with E-state index in [0.717, 1.165) is 23.1 Å². The van der Waals surface area contributed by atoms with Crippen LogP contribution in [0.5, 0.6) is 0 Å². The lowest BCUT2D eigenvalue weighted by molar-refractivity contribution is -0.126. The molecule has 118 valence electrons. The van der Waals surface area contributed by atoms with Crippen LogP contribution >= 0.6 is 23.1 Å². The molecule has 0 aromatic carbocycles. The normalized spacial score (nSPS) is 18.1. The van der Waals surface area contributed by atoms with E-state index in [0.29, 0.717) is 4.91 Å². The van der Waals surface area contributed by atoms with Crippen molar-refractivity contribution in [1.29, 1.82) is 0 Å². The van der Waals surface area contributed by atoms with Gasteiger partial charge in [0.15, 0.2) is 0 Å². The van der Waals surface area contributed by atoms with Gasteiger partial charge in [0.1, 0.15) is 0 Å². The van der Waals surface area contributed by atoms with Gasteiger partial charge in [-0.1, -0.05) is 19.9 Å². The number of rotatable bonds is 6. The second-order valence-electron chi connectivity index (χ2n) is 4.95. The molecule has 0 spiro atoms. The molecule has 1 aliphatic heterocycles. The third-order valence-corrected chi connectivity index (χ3v) is 5.11. The first-order chi connectivity index (χ1) is 10.5. The number of hydrogen-bond donors (Lipinski definition) is 1. The highest BCUT2D eigenvalue weighted by molar-refractivity contribution is 8.18. The highest BCUT2D eigenvalue weighted by Crippen LogP contribution is 2.32. The highest BCUT2D eigenvalue weighted by Gasteiger charge is 2.34. The van der Waals surface area contributed by atoms with Crippen molar-refractivity contribution in [2.24, 2.45) is 5.92 Å². The second kappa shape index (κ2) is 7.60. The molecule has 1 saturated heterocycles. The van der Waals surface area contributed by atoms with E-state index >= 15 is 0 Å². The van der Waals surface area contributed by atoms with E-state index in [2.05, 4.69) is 5.32 Å². The Morgan fingerprint density at radius 1 is 1.45 bits per heavy atom. The minimum Gasteiger partial charge on any atom is -0.354 e. The number of nitrogens with one attached hydrogen (secondary N) is 1. The van der Waals surface area contributed by atoms with Gasteiger partial charge >= 0.3 is 0 Å². The molecule has 1 aromatic rings. The summed E-state index contributed by atoms with van der Waals surface area (Å²) in [5.41, 5.74) is 0. The van der Waals surface area contributed by atoms with Gasteiger partial charge in [-0.05, 0) is 35.7 Å². The molecule has 0 saturated carbocycles. The Hall–Kier alpha value is -1.60. The molecular formula is C15H18N2O3S2. The SMILES string of the molecule is CCC(C)C(=O)NCCN1C(=O)S/C(=C/c2cccs2)C1=O. The molecule has 2 rings (SSSR count). The molecule has 0 aliphatic carbocycles. The van der Waals surface area contributed by atoms with Crippen LogP contribution in [-0.2, 0) is 9.59 Å². The van der Waals surface area contributed by atoms with Crippen LogP contribution in [0.1, 0.15) is 25.1 Å². The van der Waals surface area contributed by atoms with Crippen molar-refractivity contribution in [2.45, 2.75) is 20.3 Å². The number of carbonyl (C=O) groups is 3. The van der Waals surface area contributed by atoms with E-state index < -0.39 is 0 Å². The molecule has 1 aliphatic rings. The Balaban J connectivity index is 1.91. The lowest BCUT2D eigenvalue weighted by Crippen LogP contribution is -2.38. The highest BCUT2D eigenvalue weighted by atomic mass is 32.2. The van der Waals surface area contributed by atoms with E-state index in [-0.39, 0.29) is 36.1 Å². The number of hydrogen-bond acceptors (Lipinski definition) is 5. The van der Waals surface area contributed by atoms with Crippen molar-refractivity contribution in [1.82, 2.24) is 10.2 Å². The first-order valence-corrected chi connectivity index (χ1v) is 8.79. The maximum atomic E-state index is 12.2. The lowest BCUT2D eigenvalue weighted by Gasteiger charge is -2.14. The first-order valence-electron chi connectivity index (χ1n) is 7.09. The van der Waals surface area contributed by atoms with Crippen molar-refractivity contribution in [2.75, 3.05) is 13.1 Å². The molecule has 5 nitrogen and oxygen atoms in total. The van der Waals surface area contributed by atoms with Gasteiger partial charge in [-0.25, -0.2) is 0 Å². The summed E-state index contributed by atoms with van der Waals surface area (Å²) in [6.45, 7) is 4.28. The molecule has 1 aromatic heterocycles. The fourth-order valence-corrected chi connectivity index (χ4v) is 3.43. The molecule has 1 fully saturated rings. The van der Waals surface area contributed by atoms with Crippen LogP contribution in [-0.4, -0.2) is 35.0 Å². The van der Waals surface area contributed by atoms with Gasteiger partial charge in [-0.15, -0.1) is 11.3 Å². The van der Waals surface area contributed by atoms with Gasteiger partial charge in [0.25, 0.3) is 11.1 Å². The van der Waals surface area contributed by atoms with E-state index in [4.69, 9.17) is 0 Å². The fraction of sp³-hybridized carbons (Fsp3) is 0.400. The van der Waals surface area contributed by atoms with Crippen LogP contribution in [0, 0.1) is 5.92 Å². The quantitative estimate of drug-likeness (QED) is 0.810. The Labute approximate surface area is 137 Å². The van der Waals surface area contributed by atoms with Crippen LogP contribution in [0.25, 0.3) is 6.08 Å². The summed E-state index contributed by atoms with van der Waals surface area (Å²) in [5, 5.41) is 4.38. The minimum absolute atomic E-state index is 0.0522. The predicted molar refractivity (Wildman–Crippen MR) is 89.5 cm³/mol. The van der Waals surface area contributed by atoms with Crippen LogP contribution < -0.4 is 5.32 Å².